The van der Waals surface area contributed by atoms with Crippen molar-refractivity contribution >= 4 is 35.6 Å². The fraction of sp³-hybridized carbons (Fsp3) is 0.647. The Kier molecular flexibility index (Phi) is 6.66. The molecule has 1 aromatic rings. The van der Waals surface area contributed by atoms with Gasteiger partial charge in [-0.1, -0.05) is 19.9 Å². The van der Waals surface area contributed by atoms with Crippen molar-refractivity contribution in [3.8, 4) is 0 Å². The Bertz CT molecular complexity index is 564. The zero-order valence-electron chi connectivity index (χ0n) is 14.2. The molecule has 3 unspecified atom stereocenters. The summed E-state index contributed by atoms with van der Waals surface area (Å²) < 4.78 is 0. The summed E-state index contributed by atoms with van der Waals surface area (Å²) in [5.41, 5.74) is 0. The first kappa shape index (κ1) is 19.2. The molecule has 3 rings (SSSR count). The van der Waals surface area contributed by atoms with Crippen molar-refractivity contribution in [3.63, 3.8) is 0 Å². The van der Waals surface area contributed by atoms with Gasteiger partial charge in [0.1, 0.15) is 6.04 Å². The molecule has 3 atom stereocenters. The summed E-state index contributed by atoms with van der Waals surface area (Å²) >= 11 is 1.40. The Morgan fingerprint density at radius 1 is 1.29 bits per heavy atom. The predicted molar refractivity (Wildman–Crippen MR) is 98.8 cm³/mol. The molecular weight excluding hydrogens is 346 g/mol. The monoisotopic (exact) mass is 371 g/mol. The van der Waals surface area contributed by atoms with Crippen LogP contribution in [0.2, 0.25) is 0 Å². The maximum absolute atomic E-state index is 13.0. The molecule has 3 heterocycles. The molecule has 5 nitrogen and oxygen atoms in total. The summed E-state index contributed by atoms with van der Waals surface area (Å²) in [5.74, 6) is -0.0272. The van der Waals surface area contributed by atoms with Crippen LogP contribution in [0.5, 0.6) is 0 Å². The van der Waals surface area contributed by atoms with Crippen molar-refractivity contribution in [2.24, 2.45) is 5.92 Å². The Balaban J connectivity index is 0.00000208. The van der Waals surface area contributed by atoms with Crippen molar-refractivity contribution in [1.82, 2.24) is 15.5 Å². The smallest absolute Gasteiger partial charge is 0.262 e. The van der Waals surface area contributed by atoms with E-state index >= 15 is 0 Å². The summed E-state index contributed by atoms with van der Waals surface area (Å²) in [4.78, 5) is 27.9. The van der Waals surface area contributed by atoms with Crippen LogP contribution in [0, 0.1) is 5.92 Å². The van der Waals surface area contributed by atoms with Crippen LogP contribution in [0.25, 0.3) is 0 Å². The molecule has 2 aliphatic heterocycles. The second-order valence-corrected chi connectivity index (χ2v) is 7.83. The fourth-order valence-corrected chi connectivity index (χ4v) is 4.10. The van der Waals surface area contributed by atoms with Crippen LogP contribution >= 0.6 is 23.7 Å². The highest BCUT2D eigenvalue weighted by Crippen LogP contribution is 2.21. The molecule has 2 bridgehead atoms. The zero-order valence-corrected chi connectivity index (χ0v) is 15.8. The third-order valence-electron chi connectivity index (χ3n) is 4.80. The number of carbonyl (C=O) groups excluding carboxylic acids is 2. The standard InChI is InChI=1S/C17H25N3O2S.ClH/c1-11(2)15(19-16(21)14-4-3-9-23-14)17(22)20-8-7-12-5-6-13(10-20)18-12;/h3-4,9,11-13,15,18H,5-8,10H2,1-2H3,(H,19,21);1H. The van der Waals surface area contributed by atoms with Gasteiger partial charge >= 0.3 is 0 Å². The van der Waals surface area contributed by atoms with Gasteiger partial charge in [0.15, 0.2) is 0 Å². The first-order chi connectivity index (χ1) is 11.0. The lowest BCUT2D eigenvalue weighted by Gasteiger charge is -2.30. The van der Waals surface area contributed by atoms with E-state index < -0.39 is 6.04 Å². The van der Waals surface area contributed by atoms with E-state index in [-0.39, 0.29) is 30.1 Å². The molecule has 0 spiro atoms. The number of nitrogens with one attached hydrogen (secondary N) is 2. The van der Waals surface area contributed by atoms with Crippen LogP contribution < -0.4 is 10.6 Å². The van der Waals surface area contributed by atoms with Gasteiger partial charge < -0.3 is 15.5 Å². The van der Waals surface area contributed by atoms with Crippen LogP contribution in [-0.2, 0) is 4.79 Å². The minimum absolute atomic E-state index is 0. The van der Waals surface area contributed by atoms with Gasteiger partial charge in [0.05, 0.1) is 4.88 Å². The van der Waals surface area contributed by atoms with Crippen molar-refractivity contribution in [1.29, 1.82) is 0 Å². The van der Waals surface area contributed by atoms with E-state index in [0.29, 0.717) is 17.0 Å². The Morgan fingerprint density at radius 2 is 2.04 bits per heavy atom. The fourth-order valence-electron chi connectivity index (χ4n) is 3.47. The third kappa shape index (κ3) is 4.29. The number of hydrogen-bond acceptors (Lipinski definition) is 4. The molecule has 24 heavy (non-hydrogen) atoms. The minimum Gasteiger partial charge on any atom is -0.339 e. The molecule has 2 aliphatic rings. The van der Waals surface area contributed by atoms with Crippen LogP contribution in [0.4, 0.5) is 0 Å². The Hall–Kier alpha value is -1.11. The molecule has 1 aromatic heterocycles. The van der Waals surface area contributed by atoms with E-state index in [1.165, 1.54) is 17.8 Å². The molecule has 0 aliphatic carbocycles. The van der Waals surface area contributed by atoms with Gasteiger partial charge in [0.25, 0.3) is 5.91 Å². The van der Waals surface area contributed by atoms with Crippen molar-refractivity contribution in [2.45, 2.75) is 51.2 Å². The van der Waals surface area contributed by atoms with E-state index in [1.54, 1.807) is 6.07 Å². The summed E-state index contributed by atoms with van der Waals surface area (Å²) in [6.07, 6.45) is 3.36. The van der Waals surface area contributed by atoms with Crippen LogP contribution in [0.3, 0.4) is 0 Å². The van der Waals surface area contributed by atoms with Crippen molar-refractivity contribution in [3.05, 3.63) is 22.4 Å². The third-order valence-corrected chi connectivity index (χ3v) is 5.67. The maximum atomic E-state index is 13.0. The number of rotatable bonds is 4. The van der Waals surface area contributed by atoms with Crippen LogP contribution in [0.15, 0.2) is 17.5 Å². The van der Waals surface area contributed by atoms with Crippen molar-refractivity contribution < 1.29 is 9.59 Å². The lowest BCUT2D eigenvalue weighted by atomic mass is 10.0. The molecule has 2 saturated heterocycles. The van der Waals surface area contributed by atoms with E-state index in [1.807, 2.05) is 30.2 Å². The first-order valence-electron chi connectivity index (χ1n) is 8.44. The second kappa shape index (κ2) is 8.32. The lowest BCUT2D eigenvalue weighted by Crippen LogP contribution is -2.52. The molecule has 0 aromatic carbocycles. The number of hydrogen-bond donors (Lipinski definition) is 2. The number of thiophene rings is 1. The Morgan fingerprint density at radius 3 is 2.71 bits per heavy atom. The highest BCUT2D eigenvalue weighted by Gasteiger charge is 2.35. The second-order valence-electron chi connectivity index (χ2n) is 6.88. The molecule has 0 saturated carbocycles. The largest absolute Gasteiger partial charge is 0.339 e. The van der Waals surface area contributed by atoms with Gasteiger partial charge in [0.2, 0.25) is 5.91 Å². The summed E-state index contributed by atoms with van der Waals surface area (Å²) in [6.45, 7) is 5.51. The van der Waals surface area contributed by atoms with E-state index in [9.17, 15) is 9.59 Å². The molecular formula is C17H26ClN3O2S. The number of carbonyl (C=O) groups is 2. The average Bonchev–Trinajstić information content (AvgIpc) is 3.13. The highest BCUT2D eigenvalue weighted by atomic mass is 35.5. The van der Waals surface area contributed by atoms with Crippen LogP contribution in [0.1, 0.15) is 42.8 Å². The molecule has 2 N–H and O–H groups in total. The summed E-state index contributed by atoms with van der Waals surface area (Å²) in [5, 5.41) is 8.40. The average molecular weight is 372 g/mol. The van der Waals surface area contributed by atoms with E-state index in [0.717, 1.165) is 25.9 Å². The number of likely N-dealkylation sites (tertiary alicyclic amines) is 1. The van der Waals surface area contributed by atoms with E-state index in [4.69, 9.17) is 0 Å². The number of nitrogens with zero attached hydrogens (tertiary/aromatic N) is 1. The SMILES string of the molecule is CC(C)C(NC(=O)c1cccs1)C(=O)N1CCC2CCC(C1)N2.Cl. The zero-order chi connectivity index (χ0) is 16.4. The predicted octanol–water partition coefficient (Wildman–Crippen LogP) is 2.28. The highest BCUT2D eigenvalue weighted by molar-refractivity contribution is 7.12. The van der Waals surface area contributed by atoms with Crippen molar-refractivity contribution in [2.75, 3.05) is 13.1 Å². The summed E-state index contributed by atoms with van der Waals surface area (Å²) in [6, 6.07) is 4.14. The number of fused-ring (bicyclic) bond motifs is 2. The molecule has 7 heteroatoms. The number of amides is 2. The topological polar surface area (TPSA) is 61.4 Å². The molecule has 134 valence electrons. The van der Waals surface area contributed by atoms with Gasteiger partial charge in [-0.3, -0.25) is 9.59 Å². The minimum atomic E-state index is -0.457. The van der Waals surface area contributed by atoms with Gasteiger partial charge in [-0.15, -0.1) is 23.7 Å². The normalized spacial score (nSPS) is 24.2. The first-order valence-corrected chi connectivity index (χ1v) is 9.31. The lowest BCUT2D eigenvalue weighted by molar-refractivity contribution is -0.134. The van der Waals surface area contributed by atoms with Gasteiger partial charge in [-0.25, -0.2) is 0 Å². The quantitative estimate of drug-likeness (QED) is 0.853. The van der Waals surface area contributed by atoms with Crippen LogP contribution in [-0.4, -0.2) is 47.9 Å². The maximum Gasteiger partial charge on any atom is 0.262 e. The van der Waals surface area contributed by atoms with Gasteiger partial charge in [0, 0.05) is 25.2 Å². The molecule has 2 amide bonds. The molecule has 0 radical (unpaired) electrons. The van der Waals surface area contributed by atoms with Gasteiger partial charge in [-0.2, -0.15) is 0 Å². The molecule has 2 fully saturated rings. The van der Waals surface area contributed by atoms with Gasteiger partial charge in [-0.05, 0) is 36.6 Å². The van der Waals surface area contributed by atoms with E-state index in [2.05, 4.69) is 10.6 Å². The Labute approximate surface area is 153 Å². The number of halogens is 1. The summed E-state index contributed by atoms with van der Waals surface area (Å²) in [7, 11) is 0.